The first-order chi connectivity index (χ1) is 12.7. The topological polar surface area (TPSA) is 71.1 Å². The Bertz CT molecular complexity index is 852. The highest BCUT2D eigenvalue weighted by Gasteiger charge is 2.19. The number of aromatic nitrogens is 1. The summed E-state index contributed by atoms with van der Waals surface area (Å²) in [5, 5.41) is 5.78. The van der Waals surface area contributed by atoms with Gasteiger partial charge < -0.3 is 10.6 Å². The largest absolute Gasteiger partial charge is 0.345 e. The standard InChI is InChI=1S/C21H19N3O2/c25-20(23-18-11-13-22-14-12-18)15-19(16-7-3-1-4-8-16)24-21(26)17-9-5-2-6-10-17/h1-14,19H,15H2,(H,24,26)(H,22,23,25). The summed E-state index contributed by atoms with van der Waals surface area (Å²) in [4.78, 5) is 28.9. The molecule has 2 amide bonds. The zero-order valence-electron chi connectivity index (χ0n) is 14.1. The molecule has 0 saturated heterocycles. The van der Waals surface area contributed by atoms with Crippen LogP contribution < -0.4 is 10.6 Å². The molecule has 2 aromatic carbocycles. The van der Waals surface area contributed by atoms with Gasteiger partial charge in [0.2, 0.25) is 5.91 Å². The molecule has 3 rings (SSSR count). The minimum Gasteiger partial charge on any atom is -0.345 e. The summed E-state index contributed by atoms with van der Waals surface area (Å²) in [6.45, 7) is 0. The van der Waals surface area contributed by atoms with Crippen molar-refractivity contribution in [1.82, 2.24) is 10.3 Å². The number of carbonyl (C=O) groups is 2. The van der Waals surface area contributed by atoms with Crippen LogP contribution in [0.3, 0.4) is 0 Å². The van der Waals surface area contributed by atoms with Gasteiger partial charge in [0, 0.05) is 23.6 Å². The van der Waals surface area contributed by atoms with Crippen molar-refractivity contribution in [3.8, 4) is 0 Å². The van der Waals surface area contributed by atoms with Crippen molar-refractivity contribution in [2.75, 3.05) is 5.32 Å². The zero-order chi connectivity index (χ0) is 18.2. The van der Waals surface area contributed by atoms with E-state index in [-0.39, 0.29) is 18.2 Å². The van der Waals surface area contributed by atoms with E-state index in [1.165, 1.54) is 0 Å². The first-order valence-corrected chi connectivity index (χ1v) is 8.33. The molecule has 5 nitrogen and oxygen atoms in total. The van der Waals surface area contributed by atoms with E-state index in [2.05, 4.69) is 15.6 Å². The van der Waals surface area contributed by atoms with Crippen LogP contribution in [0.4, 0.5) is 5.69 Å². The van der Waals surface area contributed by atoms with Gasteiger partial charge in [-0.25, -0.2) is 0 Å². The smallest absolute Gasteiger partial charge is 0.251 e. The van der Waals surface area contributed by atoms with Crippen molar-refractivity contribution in [3.05, 3.63) is 96.3 Å². The summed E-state index contributed by atoms with van der Waals surface area (Å²) >= 11 is 0. The fourth-order valence-electron chi connectivity index (χ4n) is 2.60. The summed E-state index contributed by atoms with van der Waals surface area (Å²) < 4.78 is 0. The Morgan fingerprint density at radius 1 is 0.846 bits per heavy atom. The fraction of sp³-hybridized carbons (Fsp3) is 0.0952. The number of anilines is 1. The van der Waals surface area contributed by atoms with Gasteiger partial charge in [0.05, 0.1) is 12.5 Å². The lowest BCUT2D eigenvalue weighted by atomic mass is 10.0. The molecule has 0 aliphatic heterocycles. The third-order valence-electron chi connectivity index (χ3n) is 3.90. The Morgan fingerprint density at radius 2 is 1.46 bits per heavy atom. The summed E-state index contributed by atoms with van der Waals surface area (Å²) in [6.07, 6.45) is 3.36. The van der Waals surface area contributed by atoms with Crippen LogP contribution in [0, 0.1) is 0 Å². The summed E-state index contributed by atoms with van der Waals surface area (Å²) in [6, 6.07) is 21.4. The lowest BCUT2D eigenvalue weighted by Crippen LogP contribution is -2.31. The third kappa shape index (κ3) is 4.77. The molecule has 26 heavy (non-hydrogen) atoms. The van der Waals surface area contributed by atoms with E-state index >= 15 is 0 Å². The first-order valence-electron chi connectivity index (χ1n) is 8.33. The lowest BCUT2D eigenvalue weighted by Gasteiger charge is -2.19. The van der Waals surface area contributed by atoms with E-state index in [0.29, 0.717) is 11.3 Å². The van der Waals surface area contributed by atoms with Gasteiger partial charge in [-0.05, 0) is 29.8 Å². The predicted molar refractivity (Wildman–Crippen MR) is 101 cm³/mol. The molecule has 5 heteroatoms. The Labute approximate surface area is 152 Å². The molecule has 0 spiro atoms. The van der Waals surface area contributed by atoms with Gasteiger partial charge in [-0.15, -0.1) is 0 Å². The Morgan fingerprint density at radius 3 is 2.12 bits per heavy atom. The zero-order valence-corrected chi connectivity index (χ0v) is 14.1. The monoisotopic (exact) mass is 345 g/mol. The highest BCUT2D eigenvalue weighted by molar-refractivity contribution is 5.95. The average molecular weight is 345 g/mol. The van der Waals surface area contributed by atoms with E-state index in [1.807, 2.05) is 48.5 Å². The van der Waals surface area contributed by atoms with Gasteiger partial charge in [-0.1, -0.05) is 48.5 Å². The molecule has 0 saturated carbocycles. The van der Waals surface area contributed by atoms with Crippen molar-refractivity contribution >= 4 is 17.5 Å². The maximum absolute atomic E-state index is 12.5. The number of rotatable bonds is 6. The van der Waals surface area contributed by atoms with E-state index in [1.54, 1.807) is 36.7 Å². The van der Waals surface area contributed by atoms with Crippen molar-refractivity contribution in [1.29, 1.82) is 0 Å². The number of carbonyl (C=O) groups excluding carboxylic acids is 2. The van der Waals surface area contributed by atoms with Crippen LogP contribution in [0.5, 0.6) is 0 Å². The summed E-state index contributed by atoms with van der Waals surface area (Å²) in [5.41, 5.74) is 2.11. The Balaban J connectivity index is 1.73. The fourth-order valence-corrected chi connectivity index (χ4v) is 2.60. The average Bonchev–Trinajstić information content (AvgIpc) is 2.69. The molecule has 0 fully saturated rings. The van der Waals surface area contributed by atoms with Crippen molar-refractivity contribution in [2.45, 2.75) is 12.5 Å². The molecule has 0 radical (unpaired) electrons. The van der Waals surface area contributed by atoms with E-state index in [4.69, 9.17) is 0 Å². The van der Waals surface area contributed by atoms with E-state index < -0.39 is 6.04 Å². The van der Waals surface area contributed by atoms with Gasteiger partial charge in [0.25, 0.3) is 5.91 Å². The maximum Gasteiger partial charge on any atom is 0.251 e. The normalized spacial score (nSPS) is 11.4. The van der Waals surface area contributed by atoms with Crippen LogP contribution in [0.25, 0.3) is 0 Å². The molecule has 1 aromatic heterocycles. The molecule has 0 aliphatic carbocycles. The predicted octanol–water partition coefficient (Wildman–Crippen LogP) is 3.58. The molecule has 1 heterocycles. The van der Waals surface area contributed by atoms with Gasteiger partial charge >= 0.3 is 0 Å². The molecular formula is C21H19N3O2. The second-order valence-electron chi connectivity index (χ2n) is 5.79. The third-order valence-corrected chi connectivity index (χ3v) is 3.90. The quantitative estimate of drug-likeness (QED) is 0.717. The molecular weight excluding hydrogens is 326 g/mol. The van der Waals surface area contributed by atoms with Gasteiger partial charge in [0.15, 0.2) is 0 Å². The second-order valence-corrected chi connectivity index (χ2v) is 5.79. The highest BCUT2D eigenvalue weighted by atomic mass is 16.2. The molecule has 2 N–H and O–H groups in total. The number of pyridine rings is 1. The van der Waals surface area contributed by atoms with E-state index in [0.717, 1.165) is 5.56 Å². The van der Waals surface area contributed by atoms with Crippen molar-refractivity contribution in [3.63, 3.8) is 0 Å². The molecule has 3 aromatic rings. The highest BCUT2D eigenvalue weighted by Crippen LogP contribution is 2.18. The molecule has 1 unspecified atom stereocenters. The number of nitrogens with one attached hydrogen (secondary N) is 2. The van der Waals surface area contributed by atoms with Crippen LogP contribution in [0.2, 0.25) is 0 Å². The summed E-state index contributed by atoms with van der Waals surface area (Å²) in [7, 11) is 0. The number of hydrogen-bond donors (Lipinski definition) is 2. The Hall–Kier alpha value is -3.47. The van der Waals surface area contributed by atoms with Crippen LogP contribution in [0.15, 0.2) is 85.2 Å². The Kier molecular flexibility index (Phi) is 5.72. The number of nitrogens with zero attached hydrogens (tertiary/aromatic N) is 1. The molecule has 0 aliphatic rings. The molecule has 130 valence electrons. The van der Waals surface area contributed by atoms with Crippen molar-refractivity contribution in [2.24, 2.45) is 0 Å². The van der Waals surface area contributed by atoms with E-state index in [9.17, 15) is 9.59 Å². The number of hydrogen-bond acceptors (Lipinski definition) is 3. The summed E-state index contributed by atoms with van der Waals surface area (Å²) in [5.74, 6) is -0.394. The van der Waals surface area contributed by atoms with Gasteiger partial charge in [0.1, 0.15) is 0 Å². The van der Waals surface area contributed by atoms with Crippen molar-refractivity contribution < 1.29 is 9.59 Å². The van der Waals surface area contributed by atoms with Crippen LogP contribution in [0.1, 0.15) is 28.4 Å². The number of amides is 2. The SMILES string of the molecule is O=C(CC(NC(=O)c1ccccc1)c1ccccc1)Nc1ccncc1. The van der Waals surface area contributed by atoms with Crippen LogP contribution in [-0.2, 0) is 4.79 Å². The van der Waals surface area contributed by atoms with Gasteiger partial charge in [-0.3, -0.25) is 14.6 Å². The maximum atomic E-state index is 12.5. The lowest BCUT2D eigenvalue weighted by molar-refractivity contribution is -0.116. The van der Waals surface area contributed by atoms with Crippen LogP contribution >= 0.6 is 0 Å². The molecule has 0 bridgehead atoms. The van der Waals surface area contributed by atoms with Crippen LogP contribution in [-0.4, -0.2) is 16.8 Å². The second kappa shape index (κ2) is 8.58. The number of benzene rings is 2. The minimum absolute atomic E-state index is 0.130. The molecule has 1 atom stereocenters. The van der Waals surface area contributed by atoms with Gasteiger partial charge in [-0.2, -0.15) is 0 Å². The first kappa shape index (κ1) is 17.4. The minimum atomic E-state index is -0.425.